The van der Waals surface area contributed by atoms with Crippen LogP contribution in [0.5, 0.6) is 0 Å². The van der Waals surface area contributed by atoms with Crippen LogP contribution in [0, 0.1) is 20.8 Å². The summed E-state index contributed by atoms with van der Waals surface area (Å²) in [5.41, 5.74) is 7.24. The standard InChI is InChI=1S/C42H37NO4S/c1-29-21-23-35(24-22-29)48(45,46)43-25-13-20-36-40(33-16-9-5-10-17-33)39-31(3)26-30(2)27-37(39)42(36,38(43)28-32-14-7-4-8-15-32)47-41(44)34-18-11-6-12-19-34/h4-24,26-27,38H,25,28H2,1-3H3/t38-,42+/m0/s1. The molecule has 240 valence electrons. The van der Waals surface area contributed by atoms with Crippen molar-refractivity contribution in [3.63, 3.8) is 0 Å². The van der Waals surface area contributed by atoms with Crippen molar-refractivity contribution in [3.8, 4) is 0 Å². The Hall–Kier alpha value is -5.04. The topological polar surface area (TPSA) is 63.7 Å². The average molecular weight is 652 g/mol. The lowest BCUT2D eigenvalue weighted by Crippen LogP contribution is -2.55. The van der Waals surface area contributed by atoms with Gasteiger partial charge in [0.1, 0.15) is 0 Å². The van der Waals surface area contributed by atoms with Crippen molar-refractivity contribution in [2.45, 2.75) is 43.7 Å². The monoisotopic (exact) mass is 651 g/mol. The maximum absolute atomic E-state index is 14.9. The molecule has 5 aromatic carbocycles. The van der Waals surface area contributed by atoms with E-state index in [4.69, 9.17) is 4.74 Å². The minimum absolute atomic E-state index is 0.101. The van der Waals surface area contributed by atoms with Crippen LogP contribution in [0.25, 0.3) is 5.57 Å². The summed E-state index contributed by atoms with van der Waals surface area (Å²) in [6.07, 6.45) is 4.18. The van der Waals surface area contributed by atoms with E-state index in [9.17, 15) is 13.2 Å². The van der Waals surface area contributed by atoms with Gasteiger partial charge in [-0.3, -0.25) is 0 Å². The molecular weight excluding hydrogens is 615 g/mol. The van der Waals surface area contributed by atoms with Gasteiger partial charge < -0.3 is 4.74 Å². The van der Waals surface area contributed by atoms with Gasteiger partial charge in [0.25, 0.3) is 0 Å². The Morgan fingerprint density at radius 1 is 0.792 bits per heavy atom. The first-order valence-corrected chi connectivity index (χ1v) is 17.6. The smallest absolute Gasteiger partial charge is 0.339 e. The summed E-state index contributed by atoms with van der Waals surface area (Å²) >= 11 is 0. The van der Waals surface area contributed by atoms with Gasteiger partial charge in [-0.2, -0.15) is 4.31 Å². The Labute approximate surface area is 282 Å². The number of nitrogens with zero attached hydrogens (tertiary/aromatic N) is 1. The second-order valence-corrected chi connectivity index (χ2v) is 14.5. The third kappa shape index (κ3) is 5.41. The zero-order valence-corrected chi connectivity index (χ0v) is 28.1. The second-order valence-electron chi connectivity index (χ2n) is 12.6. The Morgan fingerprint density at radius 3 is 2.08 bits per heavy atom. The molecule has 6 heteroatoms. The van der Waals surface area contributed by atoms with Crippen molar-refractivity contribution in [1.29, 1.82) is 0 Å². The molecule has 1 heterocycles. The number of aryl methyl sites for hydroxylation is 3. The Kier molecular flexibility index (Phi) is 8.24. The molecule has 0 spiro atoms. The molecule has 0 amide bonds. The minimum Gasteiger partial charge on any atom is -0.444 e. The summed E-state index contributed by atoms with van der Waals surface area (Å²) in [6.45, 7) is 6.14. The lowest BCUT2D eigenvalue weighted by atomic mass is 9.79. The molecule has 0 unspecified atom stereocenters. The van der Waals surface area contributed by atoms with Crippen LogP contribution in [0.1, 0.15) is 49.3 Å². The highest BCUT2D eigenvalue weighted by molar-refractivity contribution is 7.89. The van der Waals surface area contributed by atoms with Crippen molar-refractivity contribution >= 4 is 21.6 Å². The molecule has 2 atom stereocenters. The van der Waals surface area contributed by atoms with Gasteiger partial charge in [-0.25, -0.2) is 13.2 Å². The minimum atomic E-state index is -4.09. The van der Waals surface area contributed by atoms with Crippen LogP contribution in [0.15, 0.2) is 150 Å². The Morgan fingerprint density at radius 2 is 1.42 bits per heavy atom. The van der Waals surface area contributed by atoms with Gasteiger partial charge in [0.2, 0.25) is 10.0 Å². The Bertz CT molecular complexity index is 2160. The fraction of sp³-hybridized carbons (Fsp3) is 0.167. The van der Waals surface area contributed by atoms with Crippen LogP contribution in [0.4, 0.5) is 0 Å². The predicted molar refractivity (Wildman–Crippen MR) is 190 cm³/mol. The number of benzene rings is 5. The quantitative estimate of drug-likeness (QED) is 0.166. The Balaban J connectivity index is 1.58. The summed E-state index contributed by atoms with van der Waals surface area (Å²) in [5, 5.41) is 0. The van der Waals surface area contributed by atoms with Crippen molar-refractivity contribution in [1.82, 2.24) is 4.31 Å². The van der Waals surface area contributed by atoms with Crippen LogP contribution in [0.2, 0.25) is 0 Å². The van der Waals surface area contributed by atoms with Crippen LogP contribution in [-0.4, -0.2) is 31.3 Å². The number of ether oxygens (including phenoxy) is 1. The highest BCUT2D eigenvalue weighted by Crippen LogP contribution is 2.56. The lowest BCUT2D eigenvalue weighted by molar-refractivity contribution is -0.0304. The molecule has 0 saturated carbocycles. The molecule has 5 nitrogen and oxygen atoms in total. The summed E-state index contributed by atoms with van der Waals surface area (Å²) in [7, 11) is -4.09. The van der Waals surface area contributed by atoms with Gasteiger partial charge in [0.05, 0.1) is 16.5 Å². The van der Waals surface area contributed by atoms with Gasteiger partial charge in [-0.1, -0.05) is 126 Å². The SMILES string of the molecule is Cc1ccc(S(=O)(=O)N2CC=CC3=C(c4ccccc4)c4c(C)cc(C)cc4[C@@]3(OC(=O)c3ccccc3)[C@@H]2Cc2ccccc2)cc1. The first-order chi connectivity index (χ1) is 23.2. The molecule has 1 aliphatic heterocycles. The maximum atomic E-state index is 14.9. The summed E-state index contributed by atoms with van der Waals surface area (Å²) < 4.78 is 38.3. The van der Waals surface area contributed by atoms with Crippen molar-refractivity contribution < 1.29 is 17.9 Å². The van der Waals surface area contributed by atoms with Crippen LogP contribution >= 0.6 is 0 Å². The first-order valence-electron chi connectivity index (χ1n) is 16.2. The molecule has 0 N–H and O–H groups in total. The summed E-state index contributed by atoms with van der Waals surface area (Å²) in [4.78, 5) is 14.6. The van der Waals surface area contributed by atoms with Crippen molar-refractivity contribution in [3.05, 3.63) is 190 Å². The van der Waals surface area contributed by atoms with Gasteiger partial charge >= 0.3 is 5.97 Å². The molecule has 2 aliphatic rings. The van der Waals surface area contributed by atoms with E-state index in [-0.39, 0.29) is 11.4 Å². The van der Waals surface area contributed by atoms with Gasteiger partial charge in [0.15, 0.2) is 5.60 Å². The number of carbonyl (C=O) groups is 1. The summed E-state index contributed by atoms with van der Waals surface area (Å²) in [5.74, 6) is -0.520. The van der Waals surface area contributed by atoms with E-state index < -0.39 is 27.6 Å². The number of esters is 1. The number of carbonyl (C=O) groups excluding carboxylic acids is 1. The van der Waals surface area contributed by atoms with Crippen molar-refractivity contribution in [2.75, 3.05) is 6.54 Å². The number of sulfonamides is 1. The van der Waals surface area contributed by atoms with E-state index in [0.29, 0.717) is 12.0 Å². The normalized spacial score (nSPS) is 19.0. The van der Waals surface area contributed by atoms with E-state index in [1.807, 2.05) is 92.7 Å². The third-order valence-corrected chi connectivity index (χ3v) is 11.3. The highest BCUT2D eigenvalue weighted by Gasteiger charge is 2.58. The van der Waals surface area contributed by atoms with E-state index >= 15 is 0 Å². The fourth-order valence-electron chi connectivity index (χ4n) is 7.28. The van der Waals surface area contributed by atoms with Gasteiger partial charge in [0, 0.05) is 17.7 Å². The zero-order chi connectivity index (χ0) is 33.5. The molecule has 0 fully saturated rings. The lowest BCUT2D eigenvalue weighted by Gasteiger charge is -2.43. The number of rotatable bonds is 7. The maximum Gasteiger partial charge on any atom is 0.339 e. The van der Waals surface area contributed by atoms with Gasteiger partial charge in [-0.15, -0.1) is 0 Å². The second kappa shape index (κ2) is 12.5. The van der Waals surface area contributed by atoms with E-state index in [1.165, 1.54) is 0 Å². The van der Waals surface area contributed by atoms with Crippen molar-refractivity contribution in [2.24, 2.45) is 0 Å². The number of fused-ring (bicyclic) bond motifs is 3. The number of hydrogen-bond acceptors (Lipinski definition) is 4. The molecule has 0 bridgehead atoms. The number of hydrogen-bond donors (Lipinski definition) is 0. The molecule has 1 aliphatic carbocycles. The molecule has 0 aromatic heterocycles. The van der Waals surface area contributed by atoms with Gasteiger partial charge in [-0.05, 0) is 79.3 Å². The predicted octanol–water partition coefficient (Wildman–Crippen LogP) is 8.35. The largest absolute Gasteiger partial charge is 0.444 e. The molecule has 5 aromatic rings. The average Bonchev–Trinajstić information content (AvgIpc) is 3.26. The van der Waals surface area contributed by atoms with E-state index in [0.717, 1.165) is 50.1 Å². The van der Waals surface area contributed by atoms with E-state index in [1.54, 1.807) is 40.7 Å². The molecule has 0 radical (unpaired) electrons. The fourth-order valence-corrected chi connectivity index (χ4v) is 8.88. The third-order valence-electron chi connectivity index (χ3n) is 9.41. The first kappa shape index (κ1) is 31.6. The highest BCUT2D eigenvalue weighted by atomic mass is 32.2. The van der Waals surface area contributed by atoms with Crippen LogP contribution in [-0.2, 0) is 26.8 Å². The summed E-state index contributed by atoms with van der Waals surface area (Å²) in [6, 6.07) is 39.2. The van der Waals surface area contributed by atoms with Crippen LogP contribution in [0.3, 0.4) is 0 Å². The zero-order valence-electron chi connectivity index (χ0n) is 27.3. The molecule has 0 saturated heterocycles. The molecular formula is C42H37NO4S. The molecule has 7 rings (SSSR count). The van der Waals surface area contributed by atoms with E-state index in [2.05, 4.69) is 31.2 Å². The van der Waals surface area contributed by atoms with Crippen LogP contribution < -0.4 is 0 Å². The molecule has 48 heavy (non-hydrogen) atoms.